The van der Waals surface area contributed by atoms with Gasteiger partial charge in [0, 0.05) is 30.3 Å². The number of cyclic esters (lactones) is 2. The second-order valence-electron chi connectivity index (χ2n) is 24.8. The van der Waals surface area contributed by atoms with Gasteiger partial charge in [0.2, 0.25) is 11.8 Å². The lowest BCUT2D eigenvalue weighted by molar-refractivity contribution is -0.301. The van der Waals surface area contributed by atoms with Crippen LogP contribution < -0.4 is 32.1 Å². The Labute approximate surface area is 522 Å². The highest BCUT2D eigenvalue weighted by molar-refractivity contribution is 5.94. The van der Waals surface area contributed by atoms with Crippen LogP contribution in [0.3, 0.4) is 0 Å². The molecular formula is C65H83FN10O14. The van der Waals surface area contributed by atoms with E-state index in [0.29, 0.717) is 61.2 Å². The van der Waals surface area contributed by atoms with Crippen molar-refractivity contribution >= 4 is 81.3 Å². The Morgan fingerprint density at radius 2 is 0.956 bits per heavy atom. The summed E-state index contributed by atoms with van der Waals surface area (Å²) in [7, 11) is 0. The van der Waals surface area contributed by atoms with Gasteiger partial charge in [-0.25, -0.2) is 15.2 Å². The summed E-state index contributed by atoms with van der Waals surface area (Å²) >= 11 is 0. The van der Waals surface area contributed by atoms with E-state index in [1.54, 1.807) is 65.8 Å². The van der Waals surface area contributed by atoms with Crippen LogP contribution in [0.25, 0.3) is 34.0 Å². The van der Waals surface area contributed by atoms with E-state index in [2.05, 4.69) is 32.1 Å². The predicted octanol–water partition coefficient (Wildman–Crippen LogP) is 5.11. The number of pyridine rings is 2. The van der Waals surface area contributed by atoms with Crippen molar-refractivity contribution in [2.75, 3.05) is 53.0 Å². The van der Waals surface area contributed by atoms with E-state index in [-0.39, 0.29) is 63.4 Å². The molecule has 6 N–H and O–H groups in total. The third-order valence-electron chi connectivity index (χ3n) is 17.1. The Balaban J connectivity index is 0.000000214. The molecule has 24 nitrogen and oxygen atoms in total. The lowest BCUT2D eigenvalue weighted by atomic mass is 9.87. The van der Waals surface area contributed by atoms with Crippen molar-refractivity contribution in [1.29, 1.82) is 0 Å². The number of benzene rings is 2. The number of carbonyl (C=O) groups excluding carboxylic acids is 8. The van der Waals surface area contributed by atoms with E-state index < -0.39 is 107 Å². The average molecular weight is 1250 g/mol. The standard InChI is InChI=1S/C34H44FN5O7.C31H39N5O7/c1-6-34(17-35)45-18-33(19-46-34)14-13-23-9-10-24-11-12-25(38-27(24)16-23)21(4)36-29(41)26-8-7-15-40(39-26)31(43)22(5)37-30(42)28(20(2)3)47-32(33)44;1-18(2)26-28(38)33-20(4)29(39)36-13-5-6-24(35-36)27(37)32-19(3)23-10-9-22-8-7-21(14-25(22)34-23)11-12-31(30(40)43-26)15-41-17-42-16-31/h9-14,16,20-22,26,28,39H,6-8,15,17-19H2,1-5H3,(H,36,41)(H,37,42);7-12,14,18-20,24,26,35H,5-6,13,15-17H2,1-4H3,(H,32,37)(H,33,38)/b14-13+;12-11+/t21-,22+,26+,28+,33?,34?;19-,20+,24+,26+/m11/s1. The van der Waals surface area contributed by atoms with Crippen LogP contribution in [0.4, 0.5) is 4.39 Å². The fraction of sp³-hybridized carbons (Fsp3) is 0.538. The number of ether oxygens (including phenoxy) is 6. The molecule has 2 spiro atoms. The summed E-state index contributed by atoms with van der Waals surface area (Å²) in [6.07, 6.45) is 6.85. The molecule has 6 aliphatic rings. The summed E-state index contributed by atoms with van der Waals surface area (Å²) in [4.78, 5) is 117. The number of esters is 2. The third-order valence-corrected chi connectivity index (χ3v) is 17.1. The van der Waals surface area contributed by atoms with Crippen LogP contribution in [0, 0.1) is 22.7 Å². The fourth-order valence-corrected chi connectivity index (χ4v) is 11.3. The number of hydrogen-bond donors (Lipinski definition) is 6. The van der Waals surface area contributed by atoms with E-state index in [1.165, 1.54) is 16.9 Å². The number of aromatic nitrogens is 2. The van der Waals surface area contributed by atoms with Crippen LogP contribution >= 0.6 is 0 Å². The van der Waals surface area contributed by atoms with E-state index in [9.17, 15) is 42.7 Å². The molecule has 4 fully saturated rings. The zero-order chi connectivity index (χ0) is 64.7. The molecular weight excluding hydrogens is 1160 g/mol. The van der Waals surface area contributed by atoms with E-state index in [0.717, 1.165) is 21.9 Å². The SMILES string of the molecule is CC(C)[C@@H]1OC(=O)C2(/C=C/c3ccc4ccc(nc4c3)[C@@H](C)NC(=O)[C@@H]3CCCN(N3)C(=O)[C@H](C)NC1=O)COCOC2.CCC1(CF)OCC2(/C=C/c3ccc4ccc(nc4c3)[C@@H](C)NC(=O)[C@@H]3CCCN(N3)C(=O)[C@H](C)NC(=O)[C@H](C(C)C)OC2=O)CO1. The molecule has 90 heavy (non-hydrogen) atoms. The van der Waals surface area contributed by atoms with Crippen molar-refractivity contribution in [1.82, 2.24) is 52.1 Å². The monoisotopic (exact) mass is 1250 g/mol. The van der Waals surface area contributed by atoms with Gasteiger partial charge in [0.05, 0.1) is 60.9 Å². The molecule has 0 unspecified atom stereocenters. The van der Waals surface area contributed by atoms with Gasteiger partial charge in [0.1, 0.15) is 48.5 Å². The van der Waals surface area contributed by atoms with Crippen LogP contribution in [0.2, 0.25) is 0 Å². The smallest absolute Gasteiger partial charge is 0.321 e. The summed E-state index contributed by atoms with van der Waals surface area (Å²) in [5.74, 6) is -6.39. The predicted molar refractivity (Wildman–Crippen MR) is 328 cm³/mol. The third kappa shape index (κ3) is 15.1. The van der Waals surface area contributed by atoms with Gasteiger partial charge in [-0.3, -0.25) is 58.3 Å². The Morgan fingerprint density at radius 1 is 0.556 bits per heavy atom. The number of halogens is 1. The van der Waals surface area contributed by atoms with Crippen molar-refractivity contribution in [2.45, 2.75) is 149 Å². The Bertz CT molecular complexity index is 3400. The molecule has 10 bridgehead atoms. The maximum Gasteiger partial charge on any atom is 0.321 e. The van der Waals surface area contributed by atoms with Crippen molar-refractivity contribution in [3.05, 3.63) is 95.3 Å². The van der Waals surface area contributed by atoms with Gasteiger partial charge in [-0.2, -0.15) is 0 Å². The van der Waals surface area contributed by atoms with E-state index >= 15 is 0 Å². The van der Waals surface area contributed by atoms with Gasteiger partial charge in [-0.05, 0) is 101 Å². The fourth-order valence-electron chi connectivity index (χ4n) is 11.3. The summed E-state index contributed by atoms with van der Waals surface area (Å²) in [5, 5.41) is 15.9. The molecule has 4 saturated heterocycles. The topological polar surface area (TPSA) is 296 Å². The highest BCUT2D eigenvalue weighted by Gasteiger charge is 2.50. The van der Waals surface area contributed by atoms with Gasteiger partial charge in [0.15, 0.2) is 18.0 Å². The second kappa shape index (κ2) is 28.6. The number of carbonyl (C=O) groups is 8. The van der Waals surface area contributed by atoms with Gasteiger partial charge in [-0.1, -0.05) is 95.3 Å². The minimum absolute atomic E-state index is 0.0125. The second-order valence-corrected chi connectivity index (χ2v) is 24.8. The van der Waals surface area contributed by atoms with Gasteiger partial charge < -0.3 is 49.7 Å². The van der Waals surface area contributed by atoms with Crippen LogP contribution in [0.5, 0.6) is 0 Å². The lowest BCUT2D eigenvalue weighted by Gasteiger charge is -2.42. The molecule has 4 aromatic rings. The van der Waals surface area contributed by atoms with Crippen LogP contribution in [-0.4, -0.2) is 163 Å². The number of nitrogens with one attached hydrogen (secondary N) is 6. The minimum Gasteiger partial charge on any atom is -0.451 e. The number of rotatable bonds is 4. The lowest BCUT2D eigenvalue weighted by Crippen LogP contribution is -2.61. The van der Waals surface area contributed by atoms with Crippen LogP contribution in [0.15, 0.2) is 72.8 Å². The molecule has 8 atom stereocenters. The number of hydrogen-bond acceptors (Lipinski definition) is 18. The van der Waals surface area contributed by atoms with Crippen molar-refractivity contribution < 1.29 is 71.2 Å². The summed E-state index contributed by atoms with van der Waals surface area (Å²) in [6, 6.07) is 14.9. The maximum atomic E-state index is 14.0. The first-order chi connectivity index (χ1) is 42.9. The van der Waals surface area contributed by atoms with Crippen LogP contribution in [0.1, 0.15) is 129 Å². The van der Waals surface area contributed by atoms with Gasteiger partial charge >= 0.3 is 11.9 Å². The first kappa shape index (κ1) is 66.6. The van der Waals surface area contributed by atoms with Gasteiger partial charge in [-0.15, -0.1) is 0 Å². The zero-order valence-corrected chi connectivity index (χ0v) is 52.4. The summed E-state index contributed by atoms with van der Waals surface area (Å²) in [6.45, 7) is 14.9. The highest BCUT2D eigenvalue weighted by Crippen LogP contribution is 2.37. The quantitative estimate of drug-likeness (QED) is 0.145. The van der Waals surface area contributed by atoms with Crippen molar-refractivity contribution in [2.24, 2.45) is 22.7 Å². The number of amides is 6. The first-order valence-corrected chi connectivity index (χ1v) is 30.9. The zero-order valence-electron chi connectivity index (χ0n) is 52.4. The van der Waals surface area contributed by atoms with Crippen molar-refractivity contribution in [3.8, 4) is 0 Å². The molecule has 0 saturated carbocycles. The average Bonchev–Trinajstić information content (AvgIpc) is 1.20. The molecule has 10 rings (SSSR count). The molecule has 6 aliphatic heterocycles. The molecule has 25 heteroatoms. The number of hydrazine groups is 2. The van der Waals surface area contributed by atoms with Gasteiger partial charge in [0.25, 0.3) is 23.6 Å². The minimum atomic E-state index is -1.50. The molecule has 0 aliphatic carbocycles. The molecule has 6 amide bonds. The molecule has 484 valence electrons. The largest absolute Gasteiger partial charge is 0.451 e. The Kier molecular flexibility index (Phi) is 21.1. The number of alkyl halides is 1. The van der Waals surface area contributed by atoms with E-state index in [1.807, 2.05) is 74.5 Å². The van der Waals surface area contributed by atoms with E-state index in [4.69, 9.17) is 38.4 Å². The molecule has 2 aromatic carbocycles. The molecule has 2 aromatic heterocycles. The van der Waals surface area contributed by atoms with Crippen molar-refractivity contribution in [3.63, 3.8) is 0 Å². The van der Waals surface area contributed by atoms with Crippen LogP contribution in [-0.2, 0) is 66.8 Å². The number of nitrogens with zero attached hydrogens (tertiary/aromatic N) is 4. The number of fused-ring (bicyclic) bond motifs is 8. The first-order valence-electron chi connectivity index (χ1n) is 30.9. The summed E-state index contributed by atoms with van der Waals surface area (Å²) in [5.41, 5.74) is 7.46. The molecule has 0 radical (unpaired) electrons. The Morgan fingerprint density at radius 3 is 1.36 bits per heavy atom. The maximum absolute atomic E-state index is 14.0. The Hall–Kier alpha value is -7.81. The highest BCUT2D eigenvalue weighted by atomic mass is 19.1. The molecule has 8 heterocycles. The summed E-state index contributed by atoms with van der Waals surface area (Å²) < 4.78 is 48.4. The normalized spacial score (nSPS) is 30.0.